The van der Waals surface area contributed by atoms with Gasteiger partial charge in [0, 0.05) is 48.9 Å². The van der Waals surface area contributed by atoms with Gasteiger partial charge in [-0.2, -0.15) is 5.10 Å². The van der Waals surface area contributed by atoms with E-state index in [1.807, 2.05) is 43.3 Å². The fourth-order valence-electron chi connectivity index (χ4n) is 3.50. The summed E-state index contributed by atoms with van der Waals surface area (Å²) in [4.78, 5) is 37.9. The molecule has 10 nitrogen and oxygen atoms in total. The molecule has 0 bridgehead atoms. The van der Waals surface area contributed by atoms with Crippen LogP contribution in [0.5, 0.6) is 0 Å². The minimum atomic E-state index is -0.532. The molecule has 10 heteroatoms. The first kappa shape index (κ1) is 25.2. The molecule has 0 aliphatic carbocycles. The highest BCUT2D eigenvalue weighted by molar-refractivity contribution is 5.93. The van der Waals surface area contributed by atoms with Crippen LogP contribution in [-0.4, -0.2) is 48.3 Å². The number of carbonyl (C=O) groups excluding carboxylic acids is 2. The van der Waals surface area contributed by atoms with Crippen molar-refractivity contribution in [3.8, 4) is 11.3 Å². The molecule has 0 atom stereocenters. The number of ether oxygens (including phenoxy) is 1. The number of carbonyl (C=O) groups is 2. The van der Waals surface area contributed by atoms with E-state index < -0.39 is 16.8 Å². The predicted octanol–water partition coefficient (Wildman–Crippen LogP) is 3.76. The number of nitrogens with one attached hydrogen (secondary N) is 1. The van der Waals surface area contributed by atoms with Crippen molar-refractivity contribution in [1.29, 1.82) is 0 Å². The minimum Gasteiger partial charge on any atom is -0.462 e. The molecule has 0 spiro atoms. The van der Waals surface area contributed by atoms with E-state index in [0.29, 0.717) is 17.0 Å². The highest BCUT2D eigenvalue weighted by atomic mass is 16.6. The fourth-order valence-corrected chi connectivity index (χ4v) is 3.50. The van der Waals surface area contributed by atoms with Crippen molar-refractivity contribution in [2.75, 3.05) is 25.6 Å². The van der Waals surface area contributed by atoms with Crippen LogP contribution in [0.25, 0.3) is 11.3 Å². The smallest absolute Gasteiger partial charge is 0.339 e. The number of hydrazone groups is 1. The molecule has 1 amide bonds. The van der Waals surface area contributed by atoms with Gasteiger partial charge >= 0.3 is 5.97 Å². The van der Waals surface area contributed by atoms with Gasteiger partial charge in [-0.3, -0.25) is 14.9 Å². The van der Waals surface area contributed by atoms with Gasteiger partial charge in [-0.25, -0.2) is 10.2 Å². The minimum absolute atomic E-state index is 0.0973. The largest absolute Gasteiger partial charge is 0.462 e. The number of nitro benzene ring substituents is 1. The molecule has 0 unspecified atom stereocenters. The Kier molecular flexibility index (Phi) is 7.98. The molecule has 2 aromatic carbocycles. The van der Waals surface area contributed by atoms with Crippen LogP contribution in [0.15, 0.2) is 59.7 Å². The molecule has 1 heterocycles. The Labute approximate surface area is 203 Å². The van der Waals surface area contributed by atoms with Gasteiger partial charge in [0.15, 0.2) is 0 Å². The number of anilines is 1. The molecule has 1 N–H and O–H groups in total. The van der Waals surface area contributed by atoms with Crippen LogP contribution in [0.4, 0.5) is 11.4 Å². The molecule has 0 aliphatic rings. The van der Waals surface area contributed by atoms with Crippen LogP contribution in [0.1, 0.15) is 28.5 Å². The Morgan fingerprint density at radius 3 is 2.51 bits per heavy atom. The van der Waals surface area contributed by atoms with E-state index in [0.717, 1.165) is 11.3 Å². The van der Waals surface area contributed by atoms with Gasteiger partial charge in [-0.15, -0.1) is 0 Å². The van der Waals surface area contributed by atoms with Crippen LogP contribution >= 0.6 is 0 Å². The van der Waals surface area contributed by atoms with E-state index >= 15 is 0 Å². The van der Waals surface area contributed by atoms with Gasteiger partial charge in [-0.05, 0) is 37.6 Å². The number of nitrogens with zero attached hydrogens (tertiary/aromatic N) is 4. The number of benzene rings is 2. The van der Waals surface area contributed by atoms with Crippen LogP contribution in [0.3, 0.4) is 0 Å². The van der Waals surface area contributed by atoms with Gasteiger partial charge in [-0.1, -0.05) is 24.3 Å². The number of non-ortho nitro benzene ring substituents is 1. The highest BCUT2D eigenvalue weighted by Crippen LogP contribution is 2.29. The van der Waals surface area contributed by atoms with Crippen molar-refractivity contribution < 1.29 is 19.2 Å². The van der Waals surface area contributed by atoms with Crippen LogP contribution in [0, 0.1) is 17.0 Å². The summed E-state index contributed by atoms with van der Waals surface area (Å²) in [6.07, 6.45) is 1.53. The predicted molar refractivity (Wildman–Crippen MR) is 134 cm³/mol. The van der Waals surface area contributed by atoms with Gasteiger partial charge in [0.2, 0.25) is 0 Å². The Hall–Kier alpha value is -4.47. The number of hydrogen-bond acceptors (Lipinski definition) is 7. The second-order valence-electron chi connectivity index (χ2n) is 7.92. The van der Waals surface area contributed by atoms with Gasteiger partial charge in [0.1, 0.15) is 6.54 Å². The maximum absolute atomic E-state index is 12.7. The van der Waals surface area contributed by atoms with Crippen LogP contribution < -0.4 is 10.3 Å². The summed E-state index contributed by atoms with van der Waals surface area (Å²) in [5.41, 5.74) is 6.01. The third-order valence-corrected chi connectivity index (χ3v) is 5.33. The van der Waals surface area contributed by atoms with Crippen LogP contribution in [0.2, 0.25) is 0 Å². The summed E-state index contributed by atoms with van der Waals surface area (Å²) >= 11 is 0. The quantitative estimate of drug-likeness (QED) is 0.217. The standard InChI is InChI=1S/C25H27N5O5/c1-5-35-25(32)22-14-23(19-7-6-8-21(13-19)30(33)34)29(17(22)2)16-24(31)27-26-15-18-9-11-20(12-10-18)28(3)4/h6-15H,5,16H2,1-4H3,(H,27,31)/b26-15+. The topological polar surface area (TPSA) is 119 Å². The molecule has 1 aromatic heterocycles. The molecule has 3 rings (SSSR count). The number of amides is 1. The second-order valence-corrected chi connectivity index (χ2v) is 7.92. The summed E-state index contributed by atoms with van der Waals surface area (Å²) in [6, 6.07) is 15.2. The Morgan fingerprint density at radius 1 is 1.17 bits per heavy atom. The molecule has 3 aromatic rings. The monoisotopic (exact) mass is 477 g/mol. The van der Waals surface area contributed by atoms with E-state index in [2.05, 4.69) is 10.5 Å². The number of aromatic nitrogens is 1. The first-order chi connectivity index (χ1) is 16.7. The third-order valence-electron chi connectivity index (χ3n) is 5.33. The lowest BCUT2D eigenvalue weighted by molar-refractivity contribution is -0.384. The average Bonchev–Trinajstić information content (AvgIpc) is 3.15. The van der Waals surface area contributed by atoms with Crippen molar-refractivity contribution in [1.82, 2.24) is 9.99 Å². The number of nitro groups is 1. The number of esters is 1. The summed E-state index contributed by atoms with van der Waals surface area (Å²) in [6.45, 7) is 3.43. The molecule has 0 saturated carbocycles. The zero-order valence-electron chi connectivity index (χ0n) is 20.0. The highest BCUT2D eigenvalue weighted by Gasteiger charge is 2.22. The number of rotatable bonds is 9. The van der Waals surface area contributed by atoms with Gasteiger partial charge in [0.05, 0.1) is 23.3 Å². The normalized spacial score (nSPS) is 10.9. The Balaban J connectivity index is 1.85. The van der Waals surface area contributed by atoms with E-state index in [4.69, 9.17) is 4.74 Å². The maximum atomic E-state index is 12.7. The zero-order valence-corrected chi connectivity index (χ0v) is 20.0. The first-order valence-corrected chi connectivity index (χ1v) is 10.9. The number of hydrogen-bond donors (Lipinski definition) is 1. The fraction of sp³-hybridized carbons (Fsp3) is 0.240. The van der Waals surface area contributed by atoms with Crippen molar-refractivity contribution >= 4 is 29.5 Å². The molecule has 0 saturated heterocycles. The summed E-state index contributed by atoms with van der Waals surface area (Å²) in [5, 5.41) is 15.3. The zero-order chi connectivity index (χ0) is 25.5. The van der Waals surface area contributed by atoms with Crippen molar-refractivity contribution in [2.45, 2.75) is 20.4 Å². The molecule has 0 aliphatic heterocycles. The summed E-state index contributed by atoms with van der Waals surface area (Å²) < 4.78 is 6.74. The lowest BCUT2D eigenvalue weighted by atomic mass is 10.1. The molecule has 0 radical (unpaired) electrons. The second kappa shape index (κ2) is 11.1. The Morgan fingerprint density at radius 2 is 1.89 bits per heavy atom. The molecule has 35 heavy (non-hydrogen) atoms. The summed E-state index contributed by atoms with van der Waals surface area (Å²) in [5.74, 6) is -0.956. The van der Waals surface area contributed by atoms with Crippen molar-refractivity contribution in [2.24, 2.45) is 5.10 Å². The van der Waals surface area contributed by atoms with Crippen molar-refractivity contribution in [3.63, 3.8) is 0 Å². The van der Waals surface area contributed by atoms with Gasteiger partial charge in [0.25, 0.3) is 11.6 Å². The molecule has 0 fully saturated rings. The van der Waals surface area contributed by atoms with E-state index in [1.54, 1.807) is 36.6 Å². The maximum Gasteiger partial charge on any atom is 0.339 e. The Bertz CT molecular complexity index is 1260. The average molecular weight is 478 g/mol. The van der Waals surface area contributed by atoms with E-state index in [9.17, 15) is 19.7 Å². The molecular formula is C25H27N5O5. The lowest BCUT2D eigenvalue weighted by Gasteiger charge is -2.12. The molecule has 182 valence electrons. The summed E-state index contributed by atoms with van der Waals surface area (Å²) in [7, 11) is 3.89. The first-order valence-electron chi connectivity index (χ1n) is 10.9. The van der Waals surface area contributed by atoms with Crippen LogP contribution in [-0.2, 0) is 16.1 Å². The third kappa shape index (κ3) is 6.11. The van der Waals surface area contributed by atoms with Gasteiger partial charge < -0.3 is 14.2 Å². The SMILES string of the molecule is CCOC(=O)c1cc(-c2cccc([N+](=O)[O-])c2)n(CC(=O)N/N=C/c2ccc(N(C)C)cc2)c1C. The lowest BCUT2D eigenvalue weighted by Crippen LogP contribution is -2.24. The van der Waals surface area contributed by atoms with E-state index in [-0.39, 0.29) is 24.4 Å². The molecular weight excluding hydrogens is 450 g/mol. The van der Waals surface area contributed by atoms with E-state index in [1.165, 1.54) is 18.3 Å². The van der Waals surface area contributed by atoms with Crippen molar-refractivity contribution in [3.05, 3.63) is 81.5 Å².